The number of carbonyl (C=O) groups excluding carboxylic acids is 2. The molecule has 2 amide bonds. The predicted octanol–water partition coefficient (Wildman–Crippen LogP) is 6.29. The molecule has 1 heterocycles. The molecule has 2 aromatic carbocycles. The van der Waals surface area contributed by atoms with Gasteiger partial charge in [0.2, 0.25) is 5.91 Å². The summed E-state index contributed by atoms with van der Waals surface area (Å²) in [4.78, 5) is 28.1. The number of hydrogen-bond acceptors (Lipinski definition) is 3. The number of aromatic nitrogens is 2. The van der Waals surface area contributed by atoms with Crippen molar-refractivity contribution in [3.8, 4) is 5.69 Å². The number of hydrogen-bond donors (Lipinski definition) is 1. The largest absolute Gasteiger partial charge is 0.329 e. The second kappa shape index (κ2) is 10.8. The lowest BCUT2D eigenvalue weighted by atomic mass is 9.92. The van der Waals surface area contributed by atoms with Gasteiger partial charge in [0, 0.05) is 28.1 Å². The van der Waals surface area contributed by atoms with Crippen molar-refractivity contribution < 1.29 is 9.59 Å². The van der Waals surface area contributed by atoms with Crippen molar-refractivity contribution >= 4 is 33.6 Å². The van der Waals surface area contributed by atoms with Crippen molar-refractivity contribution in [3.63, 3.8) is 0 Å². The number of amides is 2. The van der Waals surface area contributed by atoms with Gasteiger partial charge in [0.1, 0.15) is 12.4 Å². The van der Waals surface area contributed by atoms with Crippen molar-refractivity contribution in [2.75, 3.05) is 18.4 Å². The highest BCUT2D eigenvalue weighted by atomic mass is 79.9. The molecular weight excluding hydrogens is 504 g/mol. The molecule has 0 radical (unpaired) electrons. The lowest BCUT2D eigenvalue weighted by Gasteiger charge is -2.24. The molecule has 0 unspecified atom stereocenters. The van der Waals surface area contributed by atoms with E-state index in [4.69, 9.17) is 5.10 Å². The van der Waals surface area contributed by atoms with Gasteiger partial charge in [-0.25, -0.2) is 4.68 Å². The van der Waals surface area contributed by atoms with Gasteiger partial charge < -0.3 is 10.2 Å². The fourth-order valence-corrected chi connectivity index (χ4v) is 4.28. The number of aryl methyl sites for hydroxylation is 2. The van der Waals surface area contributed by atoms with Crippen LogP contribution in [0.15, 0.2) is 53.0 Å². The molecule has 0 saturated heterocycles. The molecule has 6 nitrogen and oxygen atoms in total. The third-order valence-corrected chi connectivity index (χ3v) is 6.10. The van der Waals surface area contributed by atoms with Crippen LogP contribution in [0.25, 0.3) is 5.69 Å². The molecular formula is C28H35BrN4O2. The molecule has 1 aromatic heterocycles. The maximum absolute atomic E-state index is 13.2. The first-order valence-electron chi connectivity index (χ1n) is 11.9. The van der Waals surface area contributed by atoms with Crippen molar-refractivity contribution in [1.82, 2.24) is 14.7 Å². The van der Waals surface area contributed by atoms with Crippen LogP contribution in [0.5, 0.6) is 0 Å². The molecule has 1 N–H and O–H groups in total. The Kier molecular flexibility index (Phi) is 8.21. The Balaban J connectivity index is 1.91. The number of nitrogens with zero attached hydrogens (tertiary/aromatic N) is 3. The summed E-state index contributed by atoms with van der Waals surface area (Å²) in [7, 11) is 0. The highest BCUT2D eigenvalue weighted by Gasteiger charge is 2.24. The first-order valence-corrected chi connectivity index (χ1v) is 12.7. The van der Waals surface area contributed by atoms with Gasteiger partial charge in [-0.15, -0.1) is 0 Å². The van der Waals surface area contributed by atoms with Gasteiger partial charge in [0.25, 0.3) is 5.91 Å². The summed E-state index contributed by atoms with van der Waals surface area (Å²) in [6, 6.07) is 15.3. The Morgan fingerprint density at radius 2 is 1.80 bits per heavy atom. The first-order chi connectivity index (χ1) is 16.3. The first kappa shape index (κ1) is 26.7. The van der Waals surface area contributed by atoms with Crippen LogP contribution in [-0.2, 0) is 10.2 Å². The molecule has 0 atom stereocenters. The van der Waals surface area contributed by atoms with E-state index in [1.165, 1.54) is 0 Å². The van der Waals surface area contributed by atoms with Gasteiger partial charge in [-0.2, -0.15) is 5.10 Å². The van der Waals surface area contributed by atoms with Crippen LogP contribution >= 0.6 is 15.9 Å². The molecule has 0 aliphatic carbocycles. The molecule has 3 aromatic rings. The maximum Gasteiger partial charge on any atom is 0.254 e. The average Bonchev–Trinajstić information content (AvgIpc) is 3.16. The molecule has 186 valence electrons. The lowest BCUT2D eigenvalue weighted by molar-refractivity contribution is -0.117. The van der Waals surface area contributed by atoms with E-state index >= 15 is 0 Å². The second-order valence-corrected chi connectivity index (χ2v) is 11.4. The summed E-state index contributed by atoms with van der Waals surface area (Å²) < 4.78 is 2.61. The molecule has 0 spiro atoms. The Bertz CT molecular complexity index is 1220. The van der Waals surface area contributed by atoms with E-state index in [0.717, 1.165) is 27.0 Å². The van der Waals surface area contributed by atoms with Crippen molar-refractivity contribution in [1.29, 1.82) is 0 Å². The van der Waals surface area contributed by atoms with Gasteiger partial charge in [0.15, 0.2) is 0 Å². The number of halogens is 1. The zero-order valence-electron chi connectivity index (χ0n) is 21.6. The number of carbonyl (C=O) groups is 2. The fourth-order valence-electron chi connectivity index (χ4n) is 3.88. The van der Waals surface area contributed by atoms with Crippen LogP contribution in [0.1, 0.15) is 61.8 Å². The Hall–Kier alpha value is -2.93. The fraction of sp³-hybridized carbons (Fsp3) is 0.393. The minimum atomic E-state index is -0.264. The summed E-state index contributed by atoms with van der Waals surface area (Å²) in [5.74, 6) is 0.368. The predicted molar refractivity (Wildman–Crippen MR) is 145 cm³/mol. The quantitative estimate of drug-likeness (QED) is 0.384. The number of benzene rings is 2. The highest BCUT2D eigenvalue weighted by molar-refractivity contribution is 9.10. The molecule has 0 saturated carbocycles. The van der Waals surface area contributed by atoms with Crippen molar-refractivity contribution in [3.05, 3.63) is 75.4 Å². The van der Waals surface area contributed by atoms with Gasteiger partial charge >= 0.3 is 0 Å². The van der Waals surface area contributed by atoms with Crippen LogP contribution in [0.2, 0.25) is 0 Å². The maximum atomic E-state index is 13.2. The van der Waals surface area contributed by atoms with Crippen LogP contribution in [0, 0.1) is 19.8 Å². The standard InChI is InChI=1S/C28H35BrN4O2/c1-18(2)16-32(27(35)21-9-8-10-22(29)14-21)17-26(34)30-25-15-24(28(5,6)7)31-33(25)23-12-11-19(3)13-20(23)4/h8-15,18H,16-17H2,1-7H3,(H,30,34). The van der Waals surface area contributed by atoms with Gasteiger partial charge in [-0.1, -0.05) is 74.3 Å². The third kappa shape index (κ3) is 6.82. The Morgan fingerprint density at radius 3 is 2.40 bits per heavy atom. The van der Waals surface area contributed by atoms with Crippen molar-refractivity contribution in [2.45, 2.75) is 53.9 Å². The monoisotopic (exact) mass is 538 g/mol. The molecule has 0 aliphatic heterocycles. The summed E-state index contributed by atoms with van der Waals surface area (Å²) in [5, 5.41) is 7.85. The molecule has 0 aliphatic rings. The van der Waals surface area contributed by atoms with E-state index in [9.17, 15) is 9.59 Å². The molecule has 0 fully saturated rings. The number of nitrogens with one attached hydrogen (secondary N) is 1. The zero-order valence-corrected chi connectivity index (χ0v) is 23.2. The van der Waals surface area contributed by atoms with Gasteiger partial charge in [-0.05, 0) is 49.6 Å². The Morgan fingerprint density at radius 1 is 1.09 bits per heavy atom. The zero-order chi connectivity index (χ0) is 25.9. The van der Waals surface area contributed by atoms with Crippen LogP contribution in [-0.4, -0.2) is 39.6 Å². The SMILES string of the molecule is Cc1ccc(-n2nc(C(C)(C)C)cc2NC(=O)CN(CC(C)C)C(=O)c2cccc(Br)c2)c(C)c1. The molecule has 3 rings (SSSR count). The third-order valence-electron chi connectivity index (χ3n) is 5.60. The summed E-state index contributed by atoms with van der Waals surface area (Å²) >= 11 is 3.42. The summed E-state index contributed by atoms with van der Waals surface area (Å²) in [6.07, 6.45) is 0. The lowest BCUT2D eigenvalue weighted by Crippen LogP contribution is -2.40. The van der Waals surface area contributed by atoms with E-state index < -0.39 is 0 Å². The minimum Gasteiger partial charge on any atom is -0.329 e. The van der Waals surface area contributed by atoms with Crippen molar-refractivity contribution in [2.24, 2.45) is 5.92 Å². The van der Waals surface area contributed by atoms with E-state index in [1.807, 2.05) is 51.1 Å². The summed E-state index contributed by atoms with van der Waals surface area (Å²) in [6.45, 7) is 14.8. The van der Waals surface area contributed by atoms with E-state index in [2.05, 4.69) is 55.0 Å². The highest BCUT2D eigenvalue weighted by Crippen LogP contribution is 2.28. The summed E-state index contributed by atoms with van der Waals surface area (Å²) in [5.41, 5.74) is 4.36. The van der Waals surface area contributed by atoms with Crippen LogP contribution < -0.4 is 5.32 Å². The number of anilines is 1. The molecule has 0 bridgehead atoms. The number of rotatable bonds is 7. The minimum absolute atomic E-state index is 0.0492. The van der Waals surface area contributed by atoms with E-state index in [-0.39, 0.29) is 29.7 Å². The second-order valence-electron chi connectivity index (χ2n) is 10.5. The topological polar surface area (TPSA) is 67.2 Å². The average molecular weight is 540 g/mol. The molecule has 7 heteroatoms. The smallest absolute Gasteiger partial charge is 0.254 e. The van der Waals surface area contributed by atoms with Crippen LogP contribution in [0.4, 0.5) is 5.82 Å². The normalized spacial score (nSPS) is 11.6. The van der Waals surface area contributed by atoms with E-state index in [0.29, 0.717) is 17.9 Å². The Labute approximate surface area is 216 Å². The van der Waals surface area contributed by atoms with E-state index in [1.54, 1.807) is 21.7 Å². The molecule has 35 heavy (non-hydrogen) atoms. The van der Waals surface area contributed by atoms with Gasteiger partial charge in [0.05, 0.1) is 11.4 Å². The van der Waals surface area contributed by atoms with Gasteiger partial charge in [-0.3, -0.25) is 9.59 Å². The van der Waals surface area contributed by atoms with Crippen LogP contribution in [0.3, 0.4) is 0 Å².